The van der Waals surface area contributed by atoms with Crippen molar-refractivity contribution in [3.63, 3.8) is 0 Å². The molecule has 4 unspecified atom stereocenters. The SMILES string of the molecule is COC(C(=O)CO)C(O)C(O)CO.NCCCCC(N)C(=O)O. The average molecular weight is 340 g/mol. The number of aliphatic carboxylic acids is 1. The summed E-state index contributed by atoms with van der Waals surface area (Å²) in [5, 5.41) is 43.4. The van der Waals surface area contributed by atoms with Gasteiger partial charge in [-0.2, -0.15) is 0 Å². The van der Waals surface area contributed by atoms with Gasteiger partial charge in [0, 0.05) is 7.11 Å². The molecule has 0 aliphatic carbocycles. The van der Waals surface area contributed by atoms with Crippen molar-refractivity contribution < 1.29 is 39.9 Å². The number of aliphatic hydroxyl groups is 4. The summed E-state index contributed by atoms with van der Waals surface area (Å²) >= 11 is 0. The van der Waals surface area contributed by atoms with Crippen LogP contribution in [0.1, 0.15) is 19.3 Å². The van der Waals surface area contributed by atoms with Crippen molar-refractivity contribution in [2.24, 2.45) is 11.5 Å². The van der Waals surface area contributed by atoms with Gasteiger partial charge in [0.1, 0.15) is 31.0 Å². The molecule has 4 atom stereocenters. The number of Topliss-reactive ketones (excluding diaryl/α,β-unsaturated/α-hetero) is 1. The van der Waals surface area contributed by atoms with Gasteiger partial charge in [-0.15, -0.1) is 0 Å². The summed E-state index contributed by atoms with van der Waals surface area (Å²) in [6.07, 6.45) is -2.14. The number of carboxylic acid groups (broad SMARTS) is 1. The summed E-state index contributed by atoms with van der Waals surface area (Å²) in [4.78, 5) is 21.0. The van der Waals surface area contributed by atoms with Crippen LogP contribution in [0.4, 0.5) is 0 Å². The molecule has 10 heteroatoms. The number of methoxy groups -OCH3 is 1. The van der Waals surface area contributed by atoms with Crippen molar-refractivity contribution >= 4 is 11.8 Å². The van der Waals surface area contributed by atoms with Crippen LogP contribution >= 0.6 is 0 Å². The summed E-state index contributed by atoms with van der Waals surface area (Å²) in [6, 6.07) is -0.716. The predicted molar refractivity (Wildman–Crippen MR) is 80.5 cm³/mol. The van der Waals surface area contributed by atoms with E-state index in [9.17, 15) is 14.7 Å². The van der Waals surface area contributed by atoms with Gasteiger partial charge < -0.3 is 41.7 Å². The molecule has 0 aromatic heterocycles. The van der Waals surface area contributed by atoms with Crippen LogP contribution < -0.4 is 11.5 Å². The van der Waals surface area contributed by atoms with Gasteiger partial charge in [0.25, 0.3) is 0 Å². The third-order valence-electron chi connectivity index (χ3n) is 2.91. The third kappa shape index (κ3) is 11.1. The first kappa shape index (κ1) is 24.1. The van der Waals surface area contributed by atoms with E-state index >= 15 is 0 Å². The first-order chi connectivity index (χ1) is 10.8. The molecule has 138 valence electrons. The maximum Gasteiger partial charge on any atom is 0.320 e. The topological polar surface area (TPSA) is 197 Å². The van der Waals surface area contributed by atoms with Gasteiger partial charge in [-0.05, 0) is 19.4 Å². The minimum Gasteiger partial charge on any atom is -0.480 e. The molecule has 10 nitrogen and oxygen atoms in total. The first-order valence-corrected chi connectivity index (χ1v) is 7.08. The molecule has 0 spiro atoms. The number of carboxylic acids is 1. The highest BCUT2D eigenvalue weighted by molar-refractivity contribution is 5.84. The van der Waals surface area contributed by atoms with E-state index in [4.69, 9.17) is 31.9 Å². The van der Waals surface area contributed by atoms with E-state index in [2.05, 4.69) is 4.74 Å². The zero-order valence-electron chi connectivity index (χ0n) is 13.2. The number of hydrogen-bond acceptors (Lipinski definition) is 9. The Bertz CT molecular complexity index is 329. The zero-order valence-corrected chi connectivity index (χ0v) is 13.2. The number of ketones is 1. The van der Waals surface area contributed by atoms with E-state index in [-0.39, 0.29) is 0 Å². The lowest BCUT2D eigenvalue weighted by atomic mass is 10.1. The molecule has 0 saturated carbocycles. The Kier molecular flexibility index (Phi) is 15.2. The number of aliphatic hydroxyl groups excluding tert-OH is 4. The zero-order chi connectivity index (χ0) is 18.4. The third-order valence-corrected chi connectivity index (χ3v) is 2.91. The molecule has 0 saturated heterocycles. The van der Waals surface area contributed by atoms with Crippen LogP contribution in [0.3, 0.4) is 0 Å². The number of nitrogens with two attached hydrogens (primary N) is 2. The van der Waals surface area contributed by atoms with Gasteiger partial charge in [0.05, 0.1) is 6.61 Å². The predicted octanol–water partition coefficient (Wildman–Crippen LogP) is -3.20. The minimum atomic E-state index is -1.53. The van der Waals surface area contributed by atoms with Crippen molar-refractivity contribution in [3.05, 3.63) is 0 Å². The van der Waals surface area contributed by atoms with Gasteiger partial charge in [0.2, 0.25) is 0 Å². The van der Waals surface area contributed by atoms with Gasteiger partial charge in [0.15, 0.2) is 5.78 Å². The Hall–Kier alpha value is -1.14. The quantitative estimate of drug-likeness (QED) is 0.188. The molecule has 0 aromatic carbocycles. The lowest BCUT2D eigenvalue weighted by Gasteiger charge is -2.22. The Labute approximate surface area is 134 Å². The monoisotopic (exact) mass is 340 g/mol. The van der Waals surface area contributed by atoms with Crippen molar-refractivity contribution in [3.8, 4) is 0 Å². The van der Waals surface area contributed by atoms with Crippen molar-refractivity contribution in [2.75, 3.05) is 26.9 Å². The number of ether oxygens (including phenoxy) is 1. The summed E-state index contributed by atoms with van der Waals surface area (Å²) in [5.41, 5.74) is 10.4. The van der Waals surface area contributed by atoms with Gasteiger partial charge in [-0.25, -0.2) is 0 Å². The minimum absolute atomic E-state index is 0.520. The molecule has 0 fully saturated rings. The Morgan fingerprint density at radius 3 is 2.09 bits per heavy atom. The molecule has 0 heterocycles. The van der Waals surface area contributed by atoms with Crippen LogP contribution in [0.2, 0.25) is 0 Å². The number of carbonyl (C=O) groups is 2. The standard InChI is InChI=1S/C7H14O6.C6H14N2O2/c1-13-7(5(11)3-9)6(12)4(10)2-8;7-4-2-1-3-5(8)6(9)10/h4,6-10,12H,2-3H2,1H3;5H,1-4,7-8H2,(H,9,10). The van der Waals surface area contributed by atoms with Gasteiger partial charge in [-0.3, -0.25) is 9.59 Å². The van der Waals surface area contributed by atoms with Crippen LogP contribution in [-0.4, -0.2) is 88.5 Å². The number of hydrogen-bond donors (Lipinski definition) is 7. The lowest BCUT2D eigenvalue weighted by Crippen LogP contribution is -2.45. The molecule has 0 aliphatic heterocycles. The molecular formula is C13H28N2O8. The largest absolute Gasteiger partial charge is 0.480 e. The summed E-state index contributed by atoms with van der Waals surface area (Å²) in [6.45, 7) is -0.861. The summed E-state index contributed by atoms with van der Waals surface area (Å²) < 4.78 is 4.56. The molecule has 0 aromatic rings. The average Bonchev–Trinajstić information content (AvgIpc) is 2.54. The summed E-state index contributed by atoms with van der Waals surface area (Å²) in [5.74, 6) is -1.68. The second kappa shape index (κ2) is 14.5. The fourth-order valence-electron chi connectivity index (χ4n) is 1.49. The molecule has 23 heavy (non-hydrogen) atoms. The van der Waals surface area contributed by atoms with E-state index in [1.807, 2.05) is 0 Å². The smallest absolute Gasteiger partial charge is 0.320 e. The second-order valence-electron chi connectivity index (χ2n) is 4.75. The Morgan fingerprint density at radius 1 is 1.17 bits per heavy atom. The van der Waals surface area contributed by atoms with E-state index in [0.29, 0.717) is 13.0 Å². The molecule has 0 amide bonds. The highest BCUT2D eigenvalue weighted by Crippen LogP contribution is 2.04. The van der Waals surface area contributed by atoms with Crippen molar-refractivity contribution in [2.45, 2.75) is 43.6 Å². The Morgan fingerprint density at radius 2 is 1.74 bits per heavy atom. The molecule has 0 aliphatic rings. The van der Waals surface area contributed by atoms with Gasteiger partial charge >= 0.3 is 5.97 Å². The van der Waals surface area contributed by atoms with Gasteiger partial charge in [-0.1, -0.05) is 6.42 Å². The van der Waals surface area contributed by atoms with Crippen LogP contribution in [0.5, 0.6) is 0 Å². The second-order valence-corrected chi connectivity index (χ2v) is 4.75. The fourth-order valence-corrected chi connectivity index (χ4v) is 1.49. The van der Waals surface area contributed by atoms with Crippen LogP contribution in [-0.2, 0) is 14.3 Å². The first-order valence-electron chi connectivity index (χ1n) is 7.08. The van der Waals surface area contributed by atoms with E-state index in [1.54, 1.807) is 0 Å². The maximum absolute atomic E-state index is 10.9. The van der Waals surface area contributed by atoms with E-state index in [0.717, 1.165) is 20.0 Å². The van der Waals surface area contributed by atoms with Crippen molar-refractivity contribution in [1.82, 2.24) is 0 Å². The summed E-state index contributed by atoms with van der Waals surface area (Å²) in [7, 11) is 1.16. The molecule has 0 rings (SSSR count). The lowest BCUT2D eigenvalue weighted by molar-refractivity contribution is -0.146. The molecule has 9 N–H and O–H groups in total. The number of rotatable bonds is 11. The Balaban J connectivity index is 0. The number of unbranched alkanes of at least 4 members (excludes halogenated alkanes) is 1. The highest BCUT2D eigenvalue weighted by Gasteiger charge is 2.30. The van der Waals surface area contributed by atoms with Crippen LogP contribution in [0, 0.1) is 0 Å². The normalized spacial score (nSPS) is 15.8. The van der Waals surface area contributed by atoms with E-state index in [1.165, 1.54) is 0 Å². The molecular weight excluding hydrogens is 312 g/mol. The van der Waals surface area contributed by atoms with Crippen LogP contribution in [0.15, 0.2) is 0 Å². The maximum atomic E-state index is 10.9. The van der Waals surface area contributed by atoms with Crippen molar-refractivity contribution in [1.29, 1.82) is 0 Å². The highest BCUT2D eigenvalue weighted by atomic mass is 16.5. The number of carbonyl (C=O) groups excluding carboxylic acids is 1. The van der Waals surface area contributed by atoms with Crippen LogP contribution in [0.25, 0.3) is 0 Å². The molecule has 0 bridgehead atoms. The van der Waals surface area contributed by atoms with E-state index < -0.39 is 49.3 Å². The molecule has 0 radical (unpaired) electrons. The fraction of sp³-hybridized carbons (Fsp3) is 0.846.